The van der Waals surface area contributed by atoms with Gasteiger partial charge in [-0.15, -0.1) is 0 Å². The molecule has 3 N–H and O–H groups in total. The van der Waals surface area contributed by atoms with Crippen molar-refractivity contribution in [2.45, 2.75) is 89.8 Å². The summed E-state index contributed by atoms with van der Waals surface area (Å²) >= 11 is 0. The van der Waals surface area contributed by atoms with E-state index in [2.05, 4.69) is 24.1 Å². The maximum absolute atomic E-state index is 10.1. The fourth-order valence-electron chi connectivity index (χ4n) is 2.93. The number of aryl methyl sites for hydroxylation is 1. The number of unbranched alkanes of at least 4 members (excludes halogenated alkanes) is 4. The summed E-state index contributed by atoms with van der Waals surface area (Å²) in [4.78, 5) is 4.60. The van der Waals surface area contributed by atoms with Crippen molar-refractivity contribution in [2.75, 3.05) is 6.61 Å². The predicted octanol–water partition coefficient (Wildman–Crippen LogP) is 3.97. The van der Waals surface area contributed by atoms with E-state index >= 15 is 0 Å². The van der Waals surface area contributed by atoms with Gasteiger partial charge in [-0.25, -0.2) is 0 Å². The number of allylic oxidation sites excluding steroid dienone is 1. The minimum atomic E-state index is -0.410. The normalized spacial score (nSPS) is 14.0. The molecule has 0 radical (unpaired) electrons. The van der Waals surface area contributed by atoms with Gasteiger partial charge < -0.3 is 15.3 Å². The van der Waals surface area contributed by atoms with Gasteiger partial charge in [0.15, 0.2) is 0 Å². The smallest absolute Gasteiger partial charge is 0.0595 e. The van der Waals surface area contributed by atoms with Crippen LogP contribution in [-0.4, -0.2) is 39.1 Å². The van der Waals surface area contributed by atoms with Crippen LogP contribution in [0, 0.1) is 0 Å². The zero-order valence-corrected chi connectivity index (χ0v) is 16.3. The molecule has 1 aromatic rings. The topological polar surface area (TPSA) is 73.6 Å². The zero-order valence-electron chi connectivity index (χ0n) is 16.3. The Kier molecular flexibility index (Phi) is 13.1. The monoisotopic (exact) mass is 363 g/mol. The molecule has 0 spiro atoms. The lowest BCUT2D eigenvalue weighted by atomic mass is 10.1. The molecule has 0 aliphatic carbocycles. The van der Waals surface area contributed by atoms with E-state index in [1.807, 2.05) is 18.2 Å². The van der Waals surface area contributed by atoms with E-state index in [0.717, 1.165) is 37.1 Å². The minimum absolute atomic E-state index is 0.177. The Morgan fingerprint density at radius 2 is 1.77 bits per heavy atom. The number of aliphatic hydroxyl groups excluding tert-OH is 3. The molecular weight excluding hydrogens is 326 g/mol. The van der Waals surface area contributed by atoms with Crippen LogP contribution in [0.4, 0.5) is 0 Å². The Balaban J connectivity index is 2.30. The first-order valence-electron chi connectivity index (χ1n) is 10.2. The van der Waals surface area contributed by atoms with Crippen molar-refractivity contribution in [3.05, 3.63) is 41.7 Å². The molecule has 4 nitrogen and oxygen atoms in total. The second-order valence-corrected chi connectivity index (χ2v) is 7.09. The molecule has 1 rings (SSSR count). The van der Waals surface area contributed by atoms with Crippen LogP contribution in [0.1, 0.15) is 76.1 Å². The Morgan fingerprint density at radius 1 is 0.962 bits per heavy atom. The first kappa shape index (κ1) is 22.8. The summed E-state index contributed by atoms with van der Waals surface area (Å²) in [5.41, 5.74) is 1.86. The number of aliphatic hydroxyl groups is 3. The predicted molar refractivity (Wildman–Crippen MR) is 107 cm³/mol. The highest BCUT2D eigenvalue weighted by Gasteiger charge is 2.08. The van der Waals surface area contributed by atoms with E-state index in [4.69, 9.17) is 5.11 Å². The van der Waals surface area contributed by atoms with Gasteiger partial charge in [0.25, 0.3) is 0 Å². The van der Waals surface area contributed by atoms with Crippen molar-refractivity contribution >= 4 is 0 Å². The van der Waals surface area contributed by atoms with E-state index < -0.39 is 6.10 Å². The van der Waals surface area contributed by atoms with Crippen LogP contribution in [0.5, 0.6) is 0 Å². The molecule has 0 amide bonds. The highest BCUT2D eigenvalue weighted by atomic mass is 16.3. The third-order valence-electron chi connectivity index (χ3n) is 4.54. The second kappa shape index (κ2) is 14.9. The first-order valence-corrected chi connectivity index (χ1v) is 10.2. The molecule has 0 fully saturated rings. The maximum atomic E-state index is 10.1. The van der Waals surface area contributed by atoms with Gasteiger partial charge in [-0.1, -0.05) is 38.0 Å². The molecule has 0 saturated carbocycles. The van der Waals surface area contributed by atoms with Crippen molar-refractivity contribution < 1.29 is 15.3 Å². The number of pyridine rings is 1. The molecule has 1 heterocycles. The summed E-state index contributed by atoms with van der Waals surface area (Å²) in [7, 11) is 0. The van der Waals surface area contributed by atoms with Gasteiger partial charge >= 0.3 is 0 Å². The maximum Gasteiger partial charge on any atom is 0.0595 e. The van der Waals surface area contributed by atoms with Crippen LogP contribution in [0.25, 0.3) is 0 Å². The Labute approximate surface area is 159 Å². The fraction of sp³-hybridized carbons (Fsp3) is 0.682. The van der Waals surface area contributed by atoms with Crippen LogP contribution in [0.3, 0.4) is 0 Å². The summed E-state index contributed by atoms with van der Waals surface area (Å²) in [6, 6.07) is 5.89. The van der Waals surface area contributed by atoms with E-state index in [1.165, 1.54) is 19.3 Å². The van der Waals surface area contributed by atoms with Crippen LogP contribution in [0.2, 0.25) is 0 Å². The molecule has 4 heteroatoms. The minimum Gasteiger partial charge on any atom is -0.396 e. The molecule has 0 bridgehead atoms. The molecule has 26 heavy (non-hydrogen) atoms. The van der Waals surface area contributed by atoms with Gasteiger partial charge in [0.05, 0.1) is 12.2 Å². The molecular formula is C22H37NO3. The average Bonchev–Trinajstić information content (AvgIpc) is 2.63. The van der Waals surface area contributed by atoms with Crippen LogP contribution in [-0.2, 0) is 12.8 Å². The molecule has 2 unspecified atom stereocenters. The zero-order chi connectivity index (χ0) is 19.0. The van der Waals surface area contributed by atoms with Gasteiger partial charge in [0.2, 0.25) is 0 Å². The quantitative estimate of drug-likeness (QED) is 0.326. The molecule has 148 valence electrons. The lowest BCUT2D eigenvalue weighted by Crippen LogP contribution is -2.13. The second-order valence-electron chi connectivity index (χ2n) is 7.09. The number of aromatic nitrogens is 1. The highest BCUT2D eigenvalue weighted by molar-refractivity contribution is 5.12. The molecule has 2 atom stereocenters. The lowest BCUT2D eigenvalue weighted by Gasteiger charge is -2.11. The molecule has 1 aromatic heterocycles. The molecule has 0 saturated heterocycles. The number of hydrogen-bond donors (Lipinski definition) is 3. The van der Waals surface area contributed by atoms with Crippen molar-refractivity contribution in [3.8, 4) is 0 Å². The van der Waals surface area contributed by atoms with E-state index in [9.17, 15) is 10.2 Å². The summed E-state index contributed by atoms with van der Waals surface area (Å²) < 4.78 is 0. The summed E-state index contributed by atoms with van der Waals surface area (Å²) in [6.07, 6.45) is 13.3. The Morgan fingerprint density at radius 3 is 2.54 bits per heavy atom. The van der Waals surface area contributed by atoms with Gasteiger partial charge in [-0.3, -0.25) is 4.98 Å². The summed E-state index contributed by atoms with van der Waals surface area (Å²) in [6.45, 7) is 2.38. The molecule has 0 aliphatic heterocycles. The van der Waals surface area contributed by atoms with Crippen LogP contribution < -0.4 is 0 Å². The van der Waals surface area contributed by atoms with Crippen molar-refractivity contribution in [2.24, 2.45) is 0 Å². The fourth-order valence-corrected chi connectivity index (χ4v) is 2.93. The van der Waals surface area contributed by atoms with Gasteiger partial charge in [0.1, 0.15) is 0 Å². The summed E-state index contributed by atoms with van der Waals surface area (Å²) in [5.74, 6) is 0. The Hall–Kier alpha value is -1.23. The third kappa shape index (κ3) is 11.4. The van der Waals surface area contributed by atoms with Gasteiger partial charge in [-0.05, 0) is 63.5 Å². The lowest BCUT2D eigenvalue weighted by molar-refractivity contribution is 0.156. The van der Waals surface area contributed by atoms with E-state index in [0.29, 0.717) is 25.7 Å². The Bertz CT molecular complexity index is 490. The van der Waals surface area contributed by atoms with Crippen LogP contribution >= 0.6 is 0 Å². The van der Waals surface area contributed by atoms with E-state index in [-0.39, 0.29) is 12.7 Å². The first-order chi connectivity index (χ1) is 12.7. The highest BCUT2D eigenvalue weighted by Crippen LogP contribution is 2.11. The van der Waals surface area contributed by atoms with Gasteiger partial charge in [-0.2, -0.15) is 0 Å². The van der Waals surface area contributed by atoms with Gasteiger partial charge in [0, 0.05) is 24.4 Å². The third-order valence-corrected chi connectivity index (χ3v) is 4.54. The molecule has 0 aromatic carbocycles. The number of hydrogen-bond acceptors (Lipinski definition) is 4. The average molecular weight is 364 g/mol. The largest absolute Gasteiger partial charge is 0.396 e. The van der Waals surface area contributed by atoms with Crippen molar-refractivity contribution in [3.63, 3.8) is 0 Å². The van der Waals surface area contributed by atoms with E-state index in [1.54, 1.807) is 0 Å². The number of rotatable bonds is 15. The number of nitrogens with zero attached hydrogens (tertiary/aromatic N) is 1. The molecule has 0 aliphatic rings. The standard InChI is InChI=1S/C22H37NO3/c1-2-3-4-5-6-7-13-21(25)16-15-19-11-10-12-20(23-19)18-22(26)14-8-9-17-24/h6-7,10-12,21-22,24-26H,2-5,8-9,13-18H2,1H3/b7-6-. The van der Waals surface area contributed by atoms with Crippen molar-refractivity contribution in [1.29, 1.82) is 0 Å². The van der Waals surface area contributed by atoms with Crippen molar-refractivity contribution in [1.82, 2.24) is 4.98 Å². The SMILES string of the molecule is CCCCC/C=C\CC(O)CCc1cccc(CC(O)CCCCO)n1. The summed E-state index contributed by atoms with van der Waals surface area (Å²) in [5, 5.41) is 28.9. The van der Waals surface area contributed by atoms with Crippen LogP contribution in [0.15, 0.2) is 30.4 Å².